The van der Waals surface area contributed by atoms with E-state index in [0.29, 0.717) is 28.7 Å². The van der Waals surface area contributed by atoms with E-state index in [1.807, 2.05) is 38.1 Å². The van der Waals surface area contributed by atoms with E-state index in [2.05, 4.69) is 5.32 Å². The van der Waals surface area contributed by atoms with E-state index in [-0.39, 0.29) is 11.6 Å². The third-order valence-electron chi connectivity index (χ3n) is 3.62. The number of methoxy groups -OCH3 is 1. The van der Waals surface area contributed by atoms with Crippen LogP contribution < -0.4 is 14.8 Å². The minimum atomic E-state index is -0.412. The number of nitrogens with zero attached hydrogens (tertiary/aromatic N) is 1. The molecule has 0 aromatic heterocycles. The first-order valence-corrected chi connectivity index (χ1v) is 8.79. The number of nitrogens with one attached hydrogen (secondary N) is 1. The number of hydrogen-bond acceptors (Lipinski definition) is 4. The molecule has 0 fully saturated rings. The molecule has 0 bridgehead atoms. The highest BCUT2D eigenvalue weighted by Gasteiger charge is 2.12. The predicted octanol–water partition coefficient (Wildman–Crippen LogP) is 4.36. The summed E-state index contributed by atoms with van der Waals surface area (Å²) < 4.78 is 11.2. The molecule has 0 aliphatic carbocycles. The maximum absolute atomic E-state index is 12.0. The van der Waals surface area contributed by atoms with Crippen molar-refractivity contribution in [2.45, 2.75) is 26.5 Å². The van der Waals surface area contributed by atoms with Crippen LogP contribution in [-0.2, 0) is 11.4 Å². The van der Waals surface area contributed by atoms with Crippen LogP contribution in [0.15, 0.2) is 48.0 Å². The fourth-order valence-electron chi connectivity index (χ4n) is 2.32. The number of carbonyl (C=O) groups excluding carboxylic acids is 1. The van der Waals surface area contributed by atoms with Crippen LogP contribution in [0.5, 0.6) is 11.5 Å². The number of benzene rings is 2. The summed E-state index contributed by atoms with van der Waals surface area (Å²) in [5, 5.41) is 12.6. The molecule has 6 heteroatoms. The summed E-state index contributed by atoms with van der Waals surface area (Å²) in [7, 11) is 1.53. The molecule has 0 radical (unpaired) electrons. The third-order valence-corrected chi connectivity index (χ3v) is 3.99. The molecule has 0 heterocycles. The minimum absolute atomic E-state index is 0.0236. The summed E-state index contributed by atoms with van der Waals surface area (Å²) in [5.74, 6) is 0.627. The zero-order valence-corrected chi connectivity index (χ0v) is 16.2. The number of rotatable bonds is 7. The van der Waals surface area contributed by atoms with Crippen molar-refractivity contribution in [2.75, 3.05) is 7.11 Å². The second kappa shape index (κ2) is 9.65. The van der Waals surface area contributed by atoms with Gasteiger partial charge in [-0.25, -0.2) is 0 Å². The summed E-state index contributed by atoms with van der Waals surface area (Å²) in [5.41, 5.74) is 1.55. The lowest BCUT2D eigenvalue weighted by Gasteiger charge is -2.12. The normalized spacial score (nSPS) is 11.0. The Bertz CT molecular complexity index is 885. The highest BCUT2D eigenvalue weighted by molar-refractivity contribution is 6.31. The summed E-state index contributed by atoms with van der Waals surface area (Å²) in [6, 6.07) is 14.5. The molecule has 0 saturated carbocycles. The van der Waals surface area contributed by atoms with Crippen LogP contribution in [0.3, 0.4) is 0 Å². The molecule has 27 heavy (non-hydrogen) atoms. The van der Waals surface area contributed by atoms with Crippen LogP contribution in [-0.4, -0.2) is 19.1 Å². The van der Waals surface area contributed by atoms with Gasteiger partial charge in [-0.15, -0.1) is 0 Å². The monoisotopic (exact) mass is 384 g/mol. The highest BCUT2D eigenvalue weighted by Crippen LogP contribution is 2.30. The first-order chi connectivity index (χ1) is 12.9. The SMILES string of the molecule is COc1cc(C=C(C#N)C(=O)NC(C)C)ccc1OCc1ccccc1Cl. The van der Waals surface area contributed by atoms with Crippen LogP contribution in [0.1, 0.15) is 25.0 Å². The second-order valence-electron chi connectivity index (χ2n) is 6.09. The van der Waals surface area contributed by atoms with Crippen molar-refractivity contribution in [3.05, 3.63) is 64.2 Å². The van der Waals surface area contributed by atoms with Gasteiger partial charge in [-0.2, -0.15) is 5.26 Å². The lowest BCUT2D eigenvalue weighted by Crippen LogP contribution is -2.30. The van der Waals surface area contributed by atoms with Crippen molar-refractivity contribution < 1.29 is 14.3 Å². The van der Waals surface area contributed by atoms with Crippen molar-refractivity contribution in [3.8, 4) is 17.6 Å². The van der Waals surface area contributed by atoms with Crippen LogP contribution in [0, 0.1) is 11.3 Å². The van der Waals surface area contributed by atoms with E-state index in [4.69, 9.17) is 21.1 Å². The number of nitriles is 1. The van der Waals surface area contributed by atoms with E-state index >= 15 is 0 Å². The standard InChI is InChI=1S/C21H21ClN2O3/c1-14(2)24-21(25)17(12-23)10-15-8-9-19(20(11-15)26-3)27-13-16-6-4-5-7-18(16)22/h4-11,14H,13H2,1-3H3,(H,24,25). The van der Waals surface area contributed by atoms with Gasteiger partial charge in [0, 0.05) is 16.6 Å². The van der Waals surface area contributed by atoms with Gasteiger partial charge in [0.1, 0.15) is 18.2 Å². The molecule has 0 unspecified atom stereocenters. The smallest absolute Gasteiger partial charge is 0.262 e. The number of ether oxygens (including phenoxy) is 2. The molecule has 2 aromatic rings. The maximum atomic E-state index is 12.0. The van der Waals surface area contributed by atoms with E-state index < -0.39 is 5.91 Å². The molecule has 1 N–H and O–H groups in total. The van der Waals surface area contributed by atoms with E-state index in [1.54, 1.807) is 24.3 Å². The molecule has 0 atom stereocenters. The first-order valence-electron chi connectivity index (χ1n) is 8.41. The van der Waals surface area contributed by atoms with E-state index in [0.717, 1.165) is 5.56 Å². The topological polar surface area (TPSA) is 71.3 Å². The fraction of sp³-hybridized carbons (Fsp3) is 0.238. The zero-order valence-electron chi connectivity index (χ0n) is 15.5. The van der Waals surface area contributed by atoms with E-state index in [9.17, 15) is 10.1 Å². The molecule has 140 valence electrons. The molecule has 0 aliphatic rings. The molecule has 2 aromatic carbocycles. The Balaban J connectivity index is 2.20. The molecule has 0 saturated heterocycles. The molecule has 2 rings (SSSR count). The Labute approximate surface area is 164 Å². The van der Waals surface area contributed by atoms with Gasteiger partial charge in [0.15, 0.2) is 11.5 Å². The van der Waals surface area contributed by atoms with Gasteiger partial charge >= 0.3 is 0 Å². The highest BCUT2D eigenvalue weighted by atomic mass is 35.5. The fourth-order valence-corrected chi connectivity index (χ4v) is 2.51. The molecular formula is C21H21ClN2O3. The third kappa shape index (κ3) is 5.77. The van der Waals surface area contributed by atoms with Crippen molar-refractivity contribution >= 4 is 23.6 Å². The zero-order chi connectivity index (χ0) is 19.8. The first kappa shape index (κ1) is 20.3. The summed E-state index contributed by atoms with van der Waals surface area (Å²) in [6.45, 7) is 3.97. The van der Waals surface area contributed by atoms with Crippen molar-refractivity contribution in [1.29, 1.82) is 5.26 Å². The van der Waals surface area contributed by atoms with Crippen LogP contribution in [0.25, 0.3) is 6.08 Å². The van der Waals surface area contributed by atoms with Gasteiger partial charge in [0.25, 0.3) is 5.91 Å². The summed E-state index contributed by atoms with van der Waals surface area (Å²) in [6.07, 6.45) is 1.51. The number of halogens is 1. The second-order valence-corrected chi connectivity index (χ2v) is 6.50. The average Bonchev–Trinajstić information content (AvgIpc) is 2.65. The number of carbonyl (C=O) groups is 1. The summed E-state index contributed by atoms with van der Waals surface area (Å²) >= 11 is 6.14. The Morgan fingerprint density at radius 2 is 2.00 bits per heavy atom. The molecular weight excluding hydrogens is 364 g/mol. The molecule has 0 aliphatic heterocycles. The molecule has 1 amide bonds. The quantitative estimate of drug-likeness (QED) is 0.568. The lowest BCUT2D eigenvalue weighted by molar-refractivity contribution is -0.117. The maximum Gasteiger partial charge on any atom is 0.262 e. The van der Waals surface area contributed by atoms with Crippen LogP contribution in [0.4, 0.5) is 0 Å². The molecule has 0 spiro atoms. The van der Waals surface area contributed by atoms with E-state index in [1.165, 1.54) is 13.2 Å². The Morgan fingerprint density at radius 3 is 2.63 bits per heavy atom. The van der Waals surface area contributed by atoms with Gasteiger partial charge in [-0.05, 0) is 43.7 Å². The van der Waals surface area contributed by atoms with Crippen molar-refractivity contribution in [3.63, 3.8) is 0 Å². The number of amides is 1. The average molecular weight is 385 g/mol. The van der Waals surface area contributed by atoms with Crippen molar-refractivity contribution in [2.24, 2.45) is 0 Å². The largest absolute Gasteiger partial charge is 0.493 e. The minimum Gasteiger partial charge on any atom is -0.493 e. The van der Waals surface area contributed by atoms with Gasteiger partial charge < -0.3 is 14.8 Å². The van der Waals surface area contributed by atoms with Gasteiger partial charge in [0.05, 0.1) is 7.11 Å². The van der Waals surface area contributed by atoms with Gasteiger partial charge in [-0.1, -0.05) is 35.9 Å². The van der Waals surface area contributed by atoms with Crippen LogP contribution >= 0.6 is 11.6 Å². The molecule has 5 nitrogen and oxygen atoms in total. The number of hydrogen-bond donors (Lipinski definition) is 1. The van der Waals surface area contributed by atoms with Crippen molar-refractivity contribution in [1.82, 2.24) is 5.32 Å². The Kier molecular flexibility index (Phi) is 7.27. The Hall–Kier alpha value is -2.97. The van der Waals surface area contributed by atoms with Gasteiger partial charge in [-0.3, -0.25) is 4.79 Å². The van der Waals surface area contributed by atoms with Crippen LogP contribution in [0.2, 0.25) is 5.02 Å². The predicted molar refractivity (Wildman–Crippen MR) is 106 cm³/mol. The van der Waals surface area contributed by atoms with Gasteiger partial charge in [0.2, 0.25) is 0 Å². The summed E-state index contributed by atoms with van der Waals surface area (Å²) in [4.78, 5) is 12.0. The Morgan fingerprint density at radius 1 is 1.26 bits per heavy atom. The lowest BCUT2D eigenvalue weighted by atomic mass is 10.1.